The fraction of sp³-hybridized carbons (Fsp3) is 0.316. The van der Waals surface area contributed by atoms with E-state index >= 15 is 0 Å². The van der Waals surface area contributed by atoms with Gasteiger partial charge in [-0.05, 0) is 67.5 Å². The first-order valence-corrected chi connectivity index (χ1v) is 8.45. The smallest absolute Gasteiger partial charge is 0.137 e. The molecule has 1 aliphatic rings. The van der Waals surface area contributed by atoms with Crippen LogP contribution in [0.1, 0.15) is 35.2 Å². The van der Waals surface area contributed by atoms with Crippen LogP contribution in [-0.2, 0) is 18.7 Å². The zero-order chi connectivity index (χ0) is 15.1. The molecule has 0 N–H and O–H groups in total. The van der Waals surface area contributed by atoms with E-state index in [9.17, 15) is 0 Å². The van der Waals surface area contributed by atoms with Crippen molar-refractivity contribution >= 4 is 17.2 Å². The van der Waals surface area contributed by atoms with E-state index in [-0.39, 0.29) is 0 Å². The molecule has 0 fully saturated rings. The fourth-order valence-electron chi connectivity index (χ4n) is 3.45. The Morgan fingerprint density at radius 1 is 1.09 bits per heavy atom. The Labute approximate surface area is 135 Å². The third kappa shape index (κ3) is 2.22. The van der Waals surface area contributed by atoms with Crippen LogP contribution in [0, 0.1) is 6.92 Å². The molecular formula is C19H19ClN2. The Bertz CT molecular complexity index is 848. The minimum Gasteiger partial charge on any atom is -0.304 e. The van der Waals surface area contributed by atoms with E-state index in [1.165, 1.54) is 48.1 Å². The van der Waals surface area contributed by atoms with Crippen LogP contribution in [0.4, 0.5) is 0 Å². The Morgan fingerprint density at radius 3 is 2.73 bits per heavy atom. The van der Waals surface area contributed by atoms with Gasteiger partial charge in [-0.3, -0.25) is 0 Å². The molecule has 2 nitrogen and oxygen atoms in total. The van der Waals surface area contributed by atoms with Gasteiger partial charge >= 0.3 is 0 Å². The lowest BCUT2D eigenvalue weighted by atomic mass is 9.90. The molecule has 112 valence electrons. The first-order chi connectivity index (χ1) is 10.8. The second-order valence-corrected chi connectivity index (χ2v) is 6.40. The second-order valence-electron chi connectivity index (χ2n) is 6.13. The summed E-state index contributed by atoms with van der Waals surface area (Å²) in [6, 6.07) is 11.0. The molecule has 0 saturated carbocycles. The molecule has 0 atom stereocenters. The SMILES string of the molecule is Cc1c(-c2ccc3c(c2)CCCC3)nc2cc(CCl)ccn12. The number of fused-ring (bicyclic) bond motifs is 2. The van der Waals surface area contributed by atoms with Crippen LogP contribution in [-0.4, -0.2) is 9.38 Å². The van der Waals surface area contributed by atoms with Crippen molar-refractivity contribution in [3.05, 3.63) is 58.9 Å². The first kappa shape index (κ1) is 13.8. The van der Waals surface area contributed by atoms with Crippen molar-refractivity contribution in [1.82, 2.24) is 9.38 Å². The Morgan fingerprint density at radius 2 is 1.91 bits per heavy atom. The molecule has 0 aliphatic heterocycles. The molecule has 0 saturated heterocycles. The first-order valence-electron chi connectivity index (χ1n) is 7.92. The predicted octanol–water partition coefficient (Wildman–Crippen LogP) is 4.93. The molecule has 0 radical (unpaired) electrons. The molecule has 1 aliphatic carbocycles. The van der Waals surface area contributed by atoms with Crippen LogP contribution in [0.25, 0.3) is 16.9 Å². The van der Waals surface area contributed by atoms with E-state index in [1.54, 1.807) is 0 Å². The zero-order valence-corrected chi connectivity index (χ0v) is 13.5. The fourth-order valence-corrected chi connectivity index (χ4v) is 3.61. The summed E-state index contributed by atoms with van der Waals surface area (Å²) in [5.74, 6) is 0.524. The number of imidazole rings is 1. The summed E-state index contributed by atoms with van der Waals surface area (Å²) in [5.41, 5.74) is 8.60. The maximum atomic E-state index is 5.93. The largest absolute Gasteiger partial charge is 0.304 e. The van der Waals surface area contributed by atoms with Crippen molar-refractivity contribution in [2.75, 3.05) is 0 Å². The summed E-state index contributed by atoms with van der Waals surface area (Å²) in [4.78, 5) is 4.84. The standard InChI is InChI=1S/C19H19ClN2/c1-13-19(21-18-10-14(12-20)8-9-22(13)18)17-7-6-15-4-2-3-5-16(15)11-17/h6-11H,2-5,12H2,1H3. The summed E-state index contributed by atoms with van der Waals surface area (Å²) < 4.78 is 2.14. The molecule has 1 aromatic carbocycles. The monoisotopic (exact) mass is 310 g/mol. The average Bonchev–Trinajstić information content (AvgIpc) is 2.90. The molecule has 0 spiro atoms. The van der Waals surface area contributed by atoms with Crippen LogP contribution in [0.15, 0.2) is 36.5 Å². The quantitative estimate of drug-likeness (QED) is 0.614. The third-order valence-corrected chi connectivity index (χ3v) is 5.01. The summed E-state index contributed by atoms with van der Waals surface area (Å²) in [5, 5.41) is 0. The number of rotatable bonds is 2. The lowest BCUT2D eigenvalue weighted by Crippen LogP contribution is -2.02. The van der Waals surface area contributed by atoms with Crippen molar-refractivity contribution in [3.63, 3.8) is 0 Å². The predicted molar refractivity (Wildman–Crippen MR) is 91.6 cm³/mol. The van der Waals surface area contributed by atoms with Crippen LogP contribution in [0.3, 0.4) is 0 Å². The topological polar surface area (TPSA) is 17.3 Å². The van der Waals surface area contributed by atoms with Crippen molar-refractivity contribution in [2.45, 2.75) is 38.5 Å². The van der Waals surface area contributed by atoms with Gasteiger partial charge < -0.3 is 4.40 Å². The normalized spacial score (nSPS) is 14.3. The number of nitrogens with zero attached hydrogens (tertiary/aromatic N) is 2. The number of aryl methyl sites for hydroxylation is 3. The van der Waals surface area contributed by atoms with Gasteiger partial charge in [0.05, 0.1) is 5.69 Å². The van der Waals surface area contributed by atoms with Gasteiger partial charge in [0.2, 0.25) is 0 Å². The van der Waals surface area contributed by atoms with Crippen LogP contribution in [0.2, 0.25) is 0 Å². The van der Waals surface area contributed by atoms with E-state index in [4.69, 9.17) is 16.6 Å². The number of benzene rings is 1. The van der Waals surface area contributed by atoms with E-state index in [0.29, 0.717) is 5.88 Å². The van der Waals surface area contributed by atoms with Crippen molar-refractivity contribution < 1.29 is 0 Å². The maximum absolute atomic E-state index is 5.93. The second kappa shape index (κ2) is 5.44. The summed E-state index contributed by atoms with van der Waals surface area (Å²) >= 11 is 5.93. The van der Waals surface area contributed by atoms with Crippen molar-refractivity contribution in [2.24, 2.45) is 0 Å². The molecular weight excluding hydrogens is 292 g/mol. The van der Waals surface area contributed by atoms with Gasteiger partial charge in [-0.2, -0.15) is 0 Å². The third-order valence-electron chi connectivity index (χ3n) is 4.71. The number of pyridine rings is 1. The highest BCUT2D eigenvalue weighted by Crippen LogP contribution is 2.29. The minimum atomic E-state index is 0.524. The van der Waals surface area contributed by atoms with Crippen LogP contribution >= 0.6 is 11.6 Å². The summed E-state index contributed by atoms with van der Waals surface area (Å²) in [6.07, 6.45) is 7.11. The minimum absolute atomic E-state index is 0.524. The van der Waals surface area contributed by atoms with Gasteiger partial charge in [-0.15, -0.1) is 11.6 Å². The van der Waals surface area contributed by atoms with Gasteiger partial charge in [0.15, 0.2) is 0 Å². The van der Waals surface area contributed by atoms with E-state index in [1.807, 2.05) is 0 Å². The molecule has 0 amide bonds. The van der Waals surface area contributed by atoms with E-state index in [2.05, 4.69) is 47.9 Å². The number of hydrogen-bond acceptors (Lipinski definition) is 1. The number of halogens is 1. The van der Waals surface area contributed by atoms with Gasteiger partial charge in [-0.1, -0.05) is 12.1 Å². The highest BCUT2D eigenvalue weighted by Gasteiger charge is 2.14. The molecule has 2 aromatic heterocycles. The summed E-state index contributed by atoms with van der Waals surface area (Å²) in [7, 11) is 0. The lowest BCUT2D eigenvalue weighted by molar-refractivity contribution is 0.686. The lowest BCUT2D eigenvalue weighted by Gasteiger charge is -2.16. The average molecular weight is 311 g/mol. The number of aromatic nitrogens is 2. The molecule has 3 heteroatoms. The molecule has 0 unspecified atom stereocenters. The molecule has 3 aromatic rings. The molecule has 2 heterocycles. The Kier molecular flexibility index (Phi) is 3.42. The number of alkyl halides is 1. The van der Waals surface area contributed by atoms with Crippen molar-refractivity contribution in [3.8, 4) is 11.3 Å². The van der Waals surface area contributed by atoms with Gasteiger partial charge in [0.1, 0.15) is 5.65 Å². The highest BCUT2D eigenvalue weighted by atomic mass is 35.5. The molecule has 0 bridgehead atoms. The molecule has 22 heavy (non-hydrogen) atoms. The zero-order valence-electron chi connectivity index (χ0n) is 12.8. The Hall–Kier alpha value is -1.80. The maximum Gasteiger partial charge on any atom is 0.137 e. The summed E-state index contributed by atoms with van der Waals surface area (Å²) in [6.45, 7) is 2.13. The highest BCUT2D eigenvalue weighted by molar-refractivity contribution is 6.17. The number of hydrogen-bond donors (Lipinski definition) is 0. The van der Waals surface area contributed by atoms with E-state index < -0.39 is 0 Å². The van der Waals surface area contributed by atoms with E-state index in [0.717, 1.165) is 16.9 Å². The van der Waals surface area contributed by atoms with Crippen molar-refractivity contribution in [1.29, 1.82) is 0 Å². The van der Waals surface area contributed by atoms with Gasteiger partial charge in [0.25, 0.3) is 0 Å². The van der Waals surface area contributed by atoms with Gasteiger partial charge in [0, 0.05) is 23.3 Å². The Balaban J connectivity index is 1.85. The molecule has 4 rings (SSSR count). The van der Waals surface area contributed by atoms with Crippen LogP contribution < -0.4 is 0 Å². The van der Waals surface area contributed by atoms with Gasteiger partial charge in [-0.25, -0.2) is 4.98 Å². The van der Waals surface area contributed by atoms with Crippen LogP contribution in [0.5, 0.6) is 0 Å².